The maximum atomic E-state index is 4.25. The van der Waals surface area contributed by atoms with Gasteiger partial charge in [0.1, 0.15) is 0 Å². The maximum absolute atomic E-state index is 4.25. The molecule has 78 valence electrons. The summed E-state index contributed by atoms with van der Waals surface area (Å²) in [7, 11) is 0. The van der Waals surface area contributed by atoms with Crippen LogP contribution in [0.4, 0.5) is 5.82 Å². The van der Waals surface area contributed by atoms with Gasteiger partial charge in [-0.15, -0.1) is 0 Å². The van der Waals surface area contributed by atoms with E-state index in [-0.39, 0.29) is 0 Å². The number of nitrogens with zero attached hydrogens (tertiary/aromatic N) is 1. The SMILES string of the molecule is Cc1[nH]nc(NC2CCNCC2)c1C. The highest BCUT2D eigenvalue weighted by atomic mass is 15.2. The summed E-state index contributed by atoms with van der Waals surface area (Å²) in [5.74, 6) is 1.02. The van der Waals surface area contributed by atoms with Gasteiger partial charge in [-0.3, -0.25) is 5.10 Å². The topological polar surface area (TPSA) is 52.7 Å². The Kier molecular flexibility index (Phi) is 2.72. The molecule has 14 heavy (non-hydrogen) atoms. The van der Waals surface area contributed by atoms with Crippen molar-refractivity contribution in [3.8, 4) is 0 Å². The minimum atomic E-state index is 0.581. The highest BCUT2D eigenvalue weighted by molar-refractivity contribution is 5.45. The summed E-state index contributed by atoms with van der Waals surface area (Å²) < 4.78 is 0. The van der Waals surface area contributed by atoms with Crippen molar-refractivity contribution in [1.29, 1.82) is 0 Å². The first-order valence-electron chi connectivity index (χ1n) is 5.26. The number of anilines is 1. The molecule has 0 radical (unpaired) electrons. The van der Waals surface area contributed by atoms with E-state index in [0.717, 1.165) is 24.6 Å². The molecule has 0 amide bonds. The Labute approximate surface area is 84.5 Å². The largest absolute Gasteiger partial charge is 0.366 e. The van der Waals surface area contributed by atoms with E-state index in [1.165, 1.54) is 18.4 Å². The summed E-state index contributed by atoms with van der Waals surface area (Å²) in [6, 6.07) is 0.581. The maximum Gasteiger partial charge on any atom is 0.151 e. The summed E-state index contributed by atoms with van der Waals surface area (Å²) in [5.41, 5.74) is 2.39. The Bertz CT molecular complexity index is 299. The zero-order valence-corrected chi connectivity index (χ0v) is 8.85. The van der Waals surface area contributed by atoms with Gasteiger partial charge in [-0.25, -0.2) is 0 Å². The van der Waals surface area contributed by atoms with Gasteiger partial charge in [0.05, 0.1) is 0 Å². The second-order valence-corrected chi connectivity index (χ2v) is 3.99. The van der Waals surface area contributed by atoms with Gasteiger partial charge in [0.2, 0.25) is 0 Å². The molecule has 1 aliphatic heterocycles. The first-order valence-corrected chi connectivity index (χ1v) is 5.26. The Morgan fingerprint density at radius 3 is 2.57 bits per heavy atom. The molecule has 1 fully saturated rings. The highest BCUT2D eigenvalue weighted by Gasteiger charge is 2.15. The molecule has 4 heteroatoms. The smallest absolute Gasteiger partial charge is 0.151 e. The molecular weight excluding hydrogens is 176 g/mol. The number of H-pyrrole nitrogens is 1. The molecule has 0 unspecified atom stereocenters. The van der Waals surface area contributed by atoms with Crippen LogP contribution in [0.25, 0.3) is 0 Å². The van der Waals surface area contributed by atoms with E-state index in [1.807, 2.05) is 0 Å². The fourth-order valence-corrected chi connectivity index (χ4v) is 1.79. The summed E-state index contributed by atoms with van der Waals surface area (Å²) in [5, 5.41) is 14.1. The molecular formula is C10H18N4. The molecule has 0 atom stereocenters. The van der Waals surface area contributed by atoms with Crippen LogP contribution in [0.1, 0.15) is 24.1 Å². The number of piperidine rings is 1. The minimum Gasteiger partial charge on any atom is -0.366 e. The fourth-order valence-electron chi connectivity index (χ4n) is 1.79. The van der Waals surface area contributed by atoms with Crippen molar-refractivity contribution in [2.45, 2.75) is 32.7 Å². The van der Waals surface area contributed by atoms with Gasteiger partial charge >= 0.3 is 0 Å². The van der Waals surface area contributed by atoms with Crippen LogP contribution in [0.2, 0.25) is 0 Å². The monoisotopic (exact) mass is 194 g/mol. The normalized spacial score (nSPS) is 18.4. The molecule has 0 aromatic carbocycles. The lowest BCUT2D eigenvalue weighted by Gasteiger charge is -2.23. The van der Waals surface area contributed by atoms with Gasteiger partial charge < -0.3 is 10.6 Å². The van der Waals surface area contributed by atoms with Crippen LogP contribution in [0.3, 0.4) is 0 Å². The van der Waals surface area contributed by atoms with Gasteiger partial charge in [0.25, 0.3) is 0 Å². The number of hydrogen-bond acceptors (Lipinski definition) is 3. The summed E-state index contributed by atoms with van der Waals surface area (Å²) in [4.78, 5) is 0. The van der Waals surface area contributed by atoms with E-state index in [9.17, 15) is 0 Å². The summed E-state index contributed by atoms with van der Waals surface area (Å²) in [6.07, 6.45) is 2.37. The molecule has 1 aromatic rings. The van der Waals surface area contributed by atoms with Crippen molar-refractivity contribution < 1.29 is 0 Å². The molecule has 2 rings (SSSR count). The molecule has 1 aromatic heterocycles. The molecule has 4 nitrogen and oxygen atoms in total. The predicted molar refractivity (Wildman–Crippen MR) is 57.6 cm³/mol. The number of nitrogens with one attached hydrogen (secondary N) is 3. The van der Waals surface area contributed by atoms with Crippen LogP contribution in [-0.2, 0) is 0 Å². The number of rotatable bonds is 2. The van der Waals surface area contributed by atoms with Gasteiger partial charge in [-0.05, 0) is 39.8 Å². The summed E-state index contributed by atoms with van der Waals surface area (Å²) >= 11 is 0. The number of hydrogen-bond donors (Lipinski definition) is 3. The Morgan fingerprint density at radius 2 is 2.00 bits per heavy atom. The van der Waals surface area contributed by atoms with Crippen molar-refractivity contribution in [2.24, 2.45) is 0 Å². The molecule has 0 saturated carbocycles. The Balaban J connectivity index is 1.99. The Morgan fingerprint density at radius 1 is 1.29 bits per heavy atom. The van der Waals surface area contributed by atoms with Crippen molar-refractivity contribution in [2.75, 3.05) is 18.4 Å². The number of aryl methyl sites for hydroxylation is 1. The standard InChI is InChI=1S/C10H18N4/c1-7-8(2)13-14-10(7)12-9-3-5-11-6-4-9/h9,11H,3-6H2,1-2H3,(H2,12,13,14). The third-order valence-electron chi connectivity index (χ3n) is 2.93. The fraction of sp³-hybridized carbons (Fsp3) is 0.700. The quantitative estimate of drug-likeness (QED) is 0.663. The van der Waals surface area contributed by atoms with E-state index in [1.54, 1.807) is 0 Å². The van der Waals surface area contributed by atoms with Gasteiger partial charge in [-0.2, -0.15) is 5.10 Å². The van der Waals surface area contributed by atoms with Crippen molar-refractivity contribution in [1.82, 2.24) is 15.5 Å². The van der Waals surface area contributed by atoms with E-state index < -0.39 is 0 Å². The molecule has 0 spiro atoms. The molecule has 0 bridgehead atoms. The second-order valence-electron chi connectivity index (χ2n) is 3.99. The molecule has 1 saturated heterocycles. The highest BCUT2D eigenvalue weighted by Crippen LogP contribution is 2.17. The zero-order chi connectivity index (χ0) is 9.97. The first kappa shape index (κ1) is 9.52. The number of aromatic amines is 1. The second kappa shape index (κ2) is 4.00. The zero-order valence-electron chi connectivity index (χ0n) is 8.85. The average molecular weight is 194 g/mol. The van der Waals surface area contributed by atoms with Crippen LogP contribution in [0.5, 0.6) is 0 Å². The van der Waals surface area contributed by atoms with Crippen LogP contribution < -0.4 is 10.6 Å². The van der Waals surface area contributed by atoms with Crippen molar-refractivity contribution in [3.05, 3.63) is 11.3 Å². The molecule has 2 heterocycles. The summed E-state index contributed by atoms with van der Waals surface area (Å²) in [6.45, 7) is 6.37. The lowest BCUT2D eigenvalue weighted by Crippen LogP contribution is -2.35. The Hall–Kier alpha value is -1.03. The van der Waals surface area contributed by atoms with Crippen LogP contribution in [-0.4, -0.2) is 29.3 Å². The van der Waals surface area contributed by atoms with Crippen LogP contribution in [0.15, 0.2) is 0 Å². The van der Waals surface area contributed by atoms with Crippen LogP contribution >= 0.6 is 0 Å². The third-order valence-corrected chi connectivity index (χ3v) is 2.93. The van der Waals surface area contributed by atoms with Crippen LogP contribution in [0, 0.1) is 13.8 Å². The third kappa shape index (κ3) is 1.90. The van der Waals surface area contributed by atoms with Crippen molar-refractivity contribution in [3.63, 3.8) is 0 Å². The van der Waals surface area contributed by atoms with Crippen molar-refractivity contribution >= 4 is 5.82 Å². The van der Waals surface area contributed by atoms with Gasteiger partial charge in [-0.1, -0.05) is 0 Å². The first-order chi connectivity index (χ1) is 6.77. The molecule has 1 aliphatic rings. The lowest BCUT2D eigenvalue weighted by molar-refractivity contribution is 0.478. The van der Waals surface area contributed by atoms with E-state index >= 15 is 0 Å². The van der Waals surface area contributed by atoms with E-state index in [0.29, 0.717) is 6.04 Å². The van der Waals surface area contributed by atoms with Gasteiger partial charge in [0, 0.05) is 17.3 Å². The van der Waals surface area contributed by atoms with E-state index in [4.69, 9.17) is 0 Å². The molecule has 3 N–H and O–H groups in total. The van der Waals surface area contributed by atoms with Gasteiger partial charge in [0.15, 0.2) is 5.82 Å². The number of aromatic nitrogens is 2. The minimum absolute atomic E-state index is 0.581. The predicted octanol–water partition coefficient (Wildman–Crippen LogP) is 1.19. The molecule has 0 aliphatic carbocycles. The van der Waals surface area contributed by atoms with E-state index in [2.05, 4.69) is 34.7 Å². The lowest BCUT2D eigenvalue weighted by atomic mass is 10.1. The average Bonchev–Trinajstić information content (AvgIpc) is 2.52.